The standard InChI is InChI=1S/C21H35N3O2.HI/c1-5-17(4)24-20(22-6-2)23-16-21(12-14-25-15-13-21)18-8-10-19(11-9-18)26-7-3;/h8-11,17H,5-7,12-16H2,1-4H3,(H2,22,23,24);1H. The molecule has 2 N–H and O–H groups in total. The average Bonchev–Trinajstić information content (AvgIpc) is 2.68. The van der Waals surface area contributed by atoms with Gasteiger partial charge in [-0.05, 0) is 57.7 Å². The number of nitrogens with zero attached hydrogens (tertiary/aromatic N) is 1. The van der Waals surface area contributed by atoms with E-state index >= 15 is 0 Å². The Labute approximate surface area is 181 Å². The first-order chi connectivity index (χ1) is 12.6. The molecule has 27 heavy (non-hydrogen) atoms. The number of guanidine groups is 1. The van der Waals surface area contributed by atoms with Crippen molar-refractivity contribution in [1.29, 1.82) is 0 Å². The van der Waals surface area contributed by atoms with Gasteiger partial charge in [0.1, 0.15) is 5.75 Å². The van der Waals surface area contributed by atoms with Gasteiger partial charge in [0.15, 0.2) is 5.96 Å². The van der Waals surface area contributed by atoms with E-state index in [9.17, 15) is 0 Å². The highest BCUT2D eigenvalue weighted by molar-refractivity contribution is 14.0. The van der Waals surface area contributed by atoms with E-state index in [2.05, 4.69) is 55.7 Å². The zero-order valence-electron chi connectivity index (χ0n) is 17.2. The van der Waals surface area contributed by atoms with Gasteiger partial charge in [0.2, 0.25) is 0 Å². The van der Waals surface area contributed by atoms with E-state index in [1.54, 1.807) is 0 Å². The number of nitrogens with one attached hydrogen (secondary N) is 2. The van der Waals surface area contributed by atoms with Crippen LogP contribution in [0.15, 0.2) is 29.3 Å². The van der Waals surface area contributed by atoms with Crippen molar-refractivity contribution in [1.82, 2.24) is 10.6 Å². The second-order valence-electron chi connectivity index (χ2n) is 7.00. The predicted molar refractivity (Wildman–Crippen MR) is 124 cm³/mol. The minimum absolute atomic E-state index is 0. The van der Waals surface area contributed by atoms with Crippen LogP contribution >= 0.6 is 24.0 Å². The second-order valence-corrected chi connectivity index (χ2v) is 7.00. The highest BCUT2D eigenvalue weighted by Gasteiger charge is 2.34. The fraction of sp³-hybridized carbons (Fsp3) is 0.667. The Morgan fingerprint density at radius 2 is 1.85 bits per heavy atom. The molecule has 1 aliphatic rings. The summed E-state index contributed by atoms with van der Waals surface area (Å²) in [5, 5.41) is 6.86. The van der Waals surface area contributed by atoms with Crippen molar-refractivity contribution in [2.75, 3.05) is 32.9 Å². The molecule has 5 nitrogen and oxygen atoms in total. The zero-order chi connectivity index (χ0) is 18.8. The molecule has 1 fully saturated rings. The lowest BCUT2D eigenvalue weighted by molar-refractivity contribution is 0.0531. The van der Waals surface area contributed by atoms with Gasteiger partial charge in [-0.1, -0.05) is 19.1 Å². The van der Waals surface area contributed by atoms with Gasteiger partial charge in [-0.15, -0.1) is 24.0 Å². The summed E-state index contributed by atoms with van der Waals surface area (Å²) in [5.74, 6) is 1.83. The third kappa shape index (κ3) is 7.14. The first-order valence-electron chi connectivity index (χ1n) is 9.99. The summed E-state index contributed by atoms with van der Waals surface area (Å²) < 4.78 is 11.2. The summed E-state index contributed by atoms with van der Waals surface area (Å²) >= 11 is 0. The summed E-state index contributed by atoms with van der Waals surface area (Å²) in [6.07, 6.45) is 3.06. The van der Waals surface area contributed by atoms with Crippen molar-refractivity contribution in [3.63, 3.8) is 0 Å². The van der Waals surface area contributed by atoms with Gasteiger partial charge in [-0.25, -0.2) is 0 Å². The maximum atomic E-state index is 5.64. The van der Waals surface area contributed by atoms with Gasteiger partial charge in [-0.3, -0.25) is 4.99 Å². The molecule has 0 bridgehead atoms. The Hall–Kier alpha value is -1.02. The summed E-state index contributed by atoms with van der Waals surface area (Å²) in [6, 6.07) is 8.94. The third-order valence-electron chi connectivity index (χ3n) is 5.11. The van der Waals surface area contributed by atoms with E-state index in [1.165, 1.54) is 5.56 Å². The zero-order valence-corrected chi connectivity index (χ0v) is 19.5. The number of rotatable bonds is 8. The summed E-state index contributed by atoms with van der Waals surface area (Å²) in [7, 11) is 0. The summed E-state index contributed by atoms with van der Waals surface area (Å²) in [4.78, 5) is 4.94. The summed E-state index contributed by atoms with van der Waals surface area (Å²) in [6.45, 7) is 12.4. The molecule has 1 aliphatic heterocycles. The minimum atomic E-state index is 0. The monoisotopic (exact) mass is 489 g/mol. The minimum Gasteiger partial charge on any atom is -0.494 e. The fourth-order valence-electron chi connectivity index (χ4n) is 3.26. The first kappa shape index (κ1) is 24.0. The van der Waals surface area contributed by atoms with E-state index in [0.29, 0.717) is 12.6 Å². The lowest BCUT2D eigenvalue weighted by Gasteiger charge is -2.37. The van der Waals surface area contributed by atoms with Crippen molar-refractivity contribution in [2.24, 2.45) is 4.99 Å². The molecule has 1 saturated heterocycles. The maximum absolute atomic E-state index is 5.64. The molecule has 0 spiro atoms. The number of benzene rings is 1. The van der Waals surface area contributed by atoms with E-state index in [1.807, 2.05) is 6.92 Å². The van der Waals surface area contributed by atoms with Crippen LogP contribution in [0.3, 0.4) is 0 Å². The molecular formula is C21H36IN3O2. The highest BCUT2D eigenvalue weighted by atomic mass is 127. The molecule has 0 saturated carbocycles. The molecule has 0 amide bonds. The van der Waals surface area contributed by atoms with Gasteiger partial charge in [0.25, 0.3) is 0 Å². The van der Waals surface area contributed by atoms with Crippen LogP contribution in [-0.4, -0.2) is 44.9 Å². The fourth-order valence-corrected chi connectivity index (χ4v) is 3.26. The molecule has 0 radical (unpaired) electrons. The quantitative estimate of drug-likeness (QED) is 0.328. The number of hydrogen-bond acceptors (Lipinski definition) is 3. The Morgan fingerprint density at radius 3 is 2.41 bits per heavy atom. The Bertz CT molecular complexity index is 557. The smallest absolute Gasteiger partial charge is 0.191 e. The Morgan fingerprint density at radius 1 is 1.19 bits per heavy atom. The van der Waals surface area contributed by atoms with Crippen LogP contribution in [0.25, 0.3) is 0 Å². The molecule has 2 rings (SSSR count). The molecule has 1 heterocycles. The second kappa shape index (κ2) is 12.4. The molecule has 1 unspecified atom stereocenters. The van der Waals surface area contributed by atoms with Crippen molar-refractivity contribution >= 4 is 29.9 Å². The van der Waals surface area contributed by atoms with Crippen molar-refractivity contribution < 1.29 is 9.47 Å². The van der Waals surface area contributed by atoms with Gasteiger partial charge < -0.3 is 20.1 Å². The van der Waals surface area contributed by atoms with Crippen LogP contribution in [0.1, 0.15) is 52.5 Å². The Kier molecular flexibility index (Phi) is 11.1. The molecule has 0 aromatic heterocycles. The van der Waals surface area contributed by atoms with Crippen LogP contribution in [0.4, 0.5) is 0 Å². The van der Waals surface area contributed by atoms with Crippen LogP contribution < -0.4 is 15.4 Å². The molecule has 154 valence electrons. The SMILES string of the molecule is CCNC(=NCC1(c2ccc(OCC)cc2)CCOCC1)NC(C)CC.I. The number of hydrogen-bond donors (Lipinski definition) is 2. The number of halogens is 1. The van der Waals surface area contributed by atoms with Crippen LogP contribution in [0.2, 0.25) is 0 Å². The molecule has 6 heteroatoms. The van der Waals surface area contributed by atoms with Gasteiger partial charge in [0.05, 0.1) is 13.2 Å². The lowest BCUT2D eigenvalue weighted by Crippen LogP contribution is -2.44. The number of ether oxygens (including phenoxy) is 2. The summed E-state index contributed by atoms with van der Waals surface area (Å²) in [5.41, 5.74) is 1.35. The van der Waals surface area contributed by atoms with Crippen molar-refractivity contribution in [3.8, 4) is 5.75 Å². The van der Waals surface area contributed by atoms with Crippen molar-refractivity contribution in [3.05, 3.63) is 29.8 Å². The van der Waals surface area contributed by atoms with E-state index in [0.717, 1.165) is 57.3 Å². The third-order valence-corrected chi connectivity index (χ3v) is 5.11. The molecule has 1 aromatic rings. The average molecular weight is 489 g/mol. The van der Waals surface area contributed by atoms with Crippen LogP contribution in [-0.2, 0) is 10.2 Å². The largest absolute Gasteiger partial charge is 0.494 e. The topological polar surface area (TPSA) is 54.9 Å². The van der Waals surface area contributed by atoms with E-state index in [4.69, 9.17) is 14.5 Å². The molecule has 1 atom stereocenters. The maximum Gasteiger partial charge on any atom is 0.191 e. The highest BCUT2D eigenvalue weighted by Crippen LogP contribution is 2.36. The lowest BCUT2D eigenvalue weighted by atomic mass is 9.74. The Balaban J connectivity index is 0.00000364. The van der Waals surface area contributed by atoms with Gasteiger partial charge in [-0.2, -0.15) is 0 Å². The van der Waals surface area contributed by atoms with E-state index in [-0.39, 0.29) is 29.4 Å². The molecule has 1 aromatic carbocycles. The van der Waals surface area contributed by atoms with Gasteiger partial charge >= 0.3 is 0 Å². The van der Waals surface area contributed by atoms with Crippen LogP contribution in [0, 0.1) is 0 Å². The molecular weight excluding hydrogens is 453 g/mol. The van der Waals surface area contributed by atoms with Gasteiger partial charge in [0, 0.05) is 31.2 Å². The van der Waals surface area contributed by atoms with Crippen molar-refractivity contribution in [2.45, 2.75) is 58.4 Å². The van der Waals surface area contributed by atoms with Crippen LogP contribution in [0.5, 0.6) is 5.75 Å². The number of aliphatic imine (C=N–C) groups is 1. The predicted octanol–water partition coefficient (Wildman–Crippen LogP) is 4.11. The normalized spacial score (nSPS) is 17.6. The first-order valence-corrected chi connectivity index (χ1v) is 9.99. The van der Waals surface area contributed by atoms with E-state index < -0.39 is 0 Å². The molecule has 0 aliphatic carbocycles.